The summed E-state index contributed by atoms with van der Waals surface area (Å²) >= 11 is 0. The van der Waals surface area contributed by atoms with E-state index >= 15 is 0 Å². The van der Waals surface area contributed by atoms with Gasteiger partial charge in [0.25, 0.3) is 5.89 Å². The van der Waals surface area contributed by atoms with Gasteiger partial charge >= 0.3 is 0 Å². The molecule has 21 heavy (non-hydrogen) atoms. The fourth-order valence-corrected chi connectivity index (χ4v) is 2.60. The van der Waals surface area contributed by atoms with Crippen molar-refractivity contribution in [1.82, 2.24) is 15.2 Å². The van der Waals surface area contributed by atoms with Crippen LogP contribution in [0.25, 0.3) is 11.5 Å². The lowest BCUT2D eigenvalue weighted by Gasteiger charge is -2.22. The maximum atomic E-state index is 5.86. The molecule has 0 radical (unpaired) electrons. The summed E-state index contributed by atoms with van der Waals surface area (Å²) in [5, 5.41) is 8.34. The third-order valence-electron chi connectivity index (χ3n) is 3.68. The molecule has 0 aliphatic carbocycles. The van der Waals surface area contributed by atoms with Gasteiger partial charge in [0.2, 0.25) is 5.89 Å². The molecule has 3 heterocycles. The number of aromatic nitrogens is 3. The molecule has 6 heteroatoms. The fraction of sp³-hybridized carbons (Fsp3) is 0.533. The predicted octanol–water partition coefficient (Wildman–Crippen LogP) is 2.40. The molecule has 6 nitrogen and oxygen atoms in total. The van der Waals surface area contributed by atoms with Crippen molar-refractivity contribution in [3.63, 3.8) is 0 Å². The van der Waals surface area contributed by atoms with Crippen molar-refractivity contribution >= 4 is 0 Å². The average Bonchev–Trinajstić information content (AvgIpc) is 3.08. The molecule has 0 aromatic carbocycles. The monoisotopic (exact) mass is 289 g/mol. The first-order valence-corrected chi connectivity index (χ1v) is 7.15. The SMILES string of the molecule is CCOC1(c2nnc(-c3ccc(C)nc3C)o2)CCOC1. The van der Waals surface area contributed by atoms with Crippen molar-refractivity contribution in [2.45, 2.75) is 32.8 Å². The zero-order valence-corrected chi connectivity index (χ0v) is 12.5. The van der Waals surface area contributed by atoms with E-state index in [0.29, 0.717) is 31.6 Å². The van der Waals surface area contributed by atoms with Gasteiger partial charge in [-0.05, 0) is 32.9 Å². The van der Waals surface area contributed by atoms with E-state index in [4.69, 9.17) is 13.9 Å². The molecule has 1 aliphatic rings. The molecular formula is C15H19N3O3. The first-order chi connectivity index (χ1) is 10.1. The van der Waals surface area contributed by atoms with Crippen molar-refractivity contribution in [3.05, 3.63) is 29.4 Å². The summed E-state index contributed by atoms with van der Waals surface area (Å²) in [4.78, 5) is 4.43. The molecule has 0 amide bonds. The highest BCUT2D eigenvalue weighted by Crippen LogP contribution is 2.35. The molecule has 0 saturated carbocycles. The van der Waals surface area contributed by atoms with Gasteiger partial charge in [-0.3, -0.25) is 4.98 Å². The molecule has 1 aliphatic heterocycles. The van der Waals surface area contributed by atoms with E-state index in [9.17, 15) is 0 Å². The third-order valence-corrected chi connectivity index (χ3v) is 3.68. The summed E-state index contributed by atoms with van der Waals surface area (Å²) < 4.78 is 17.2. The second-order valence-electron chi connectivity index (χ2n) is 5.23. The summed E-state index contributed by atoms with van der Waals surface area (Å²) in [6.45, 7) is 7.51. The molecule has 2 aromatic heterocycles. The highest BCUT2D eigenvalue weighted by atomic mass is 16.6. The topological polar surface area (TPSA) is 70.3 Å². The zero-order valence-electron chi connectivity index (χ0n) is 12.5. The van der Waals surface area contributed by atoms with E-state index in [1.807, 2.05) is 32.9 Å². The van der Waals surface area contributed by atoms with Crippen LogP contribution in [0, 0.1) is 13.8 Å². The van der Waals surface area contributed by atoms with Crippen LogP contribution in [0.4, 0.5) is 0 Å². The first kappa shape index (κ1) is 14.2. The largest absolute Gasteiger partial charge is 0.417 e. The minimum atomic E-state index is -0.605. The molecule has 0 N–H and O–H groups in total. The molecule has 2 aromatic rings. The van der Waals surface area contributed by atoms with Crippen LogP contribution in [0.3, 0.4) is 0 Å². The van der Waals surface area contributed by atoms with Gasteiger partial charge in [0.15, 0.2) is 5.60 Å². The second-order valence-corrected chi connectivity index (χ2v) is 5.23. The van der Waals surface area contributed by atoms with Crippen LogP contribution >= 0.6 is 0 Å². The van der Waals surface area contributed by atoms with Crippen molar-refractivity contribution in [2.24, 2.45) is 0 Å². The molecule has 3 rings (SSSR count). The second kappa shape index (κ2) is 5.54. The number of pyridine rings is 1. The van der Waals surface area contributed by atoms with Gasteiger partial charge in [0.1, 0.15) is 0 Å². The molecule has 1 atom stereocenters. The van der Waals surface area contributed by atoms with Crippen LogP contribution < -0.4 is 0 Å². The van der Waals surface area contributed by atoms with Crippen LogP contribution in [0.2, 0.25) is 0 Å². The van der Waals surface area contributed by atoms with Gasteiger partial charge in [-0.15, -0.1) is 10.2 Å². The Balaban J connectivity index is 1.95. The Bertz CT molecular complexity index is 633. The molecule has 1 fully saturated rings. The van der Waals surface area contributed by atoms with Crippen molar-refractivity contribution in [2.75, 3.05) is 19.8 Å². The lowest BCUT2D eigenvalue weighted by atomic mass is 10.0. The van der Waals surface area contributed by atoms with Crippen LogP contribution in [0.5, 0.6) is 0 Å². The minimum Gasteiger partial charge on any atom is -0.417 e. The van der Waals surface area contributed by atoms with Crippen LogP contribution in [0.15, 0.2) is 16.5 Å². The first-order valence-electron chi connectivity index (χ1n) is 7.15. The minimum absolute atomic E-state index is 0.452. The smallest absolute Gasteiger partial charge is 0.251 e. The van der Waals surface area contributed by atoms with E-state index in [0.717, 1.165) is 23.4 Å². The van der Waals surface area contributed by atoms with Crippen molar-refractivity contribution in [1.29, 1.82) is 0 Å². The van der Waals surface area contributed by atoms with Crippen LogP contribution in [-0.2, 0) is 15.1 Å². The van der Waals surface area contributed by atoms with E-state index < -0.39 is 5.60 Å². The average molecular weight is 289 g/mol. The Labute approximate surface area is 123 Å². The van der Waals surface area contributed by atoms with E-state index in [2.05, 4.69) is 15.2 Å². The van der Waals surface area contributed by atoms with E-state index in [1.54, 1.807) is 0 Å². The summed E-state index contributed by atoms with van der Waals surface area (Å²) in [7, 11) is 0. The number of hydrogen-bond acceptors (Lipinski definition) is 6. The Kier molecular flexibility index (Phi) is 3.73. The van der Waals surface area contributed by atoms with Gasteiger partial charge in [0, 0.05) is 18.7 Å². The summed E-state index contributed by atoms with van der Waals surface area (Å²) in [5.74, 6) is 0.956. The Hall–Kier alpha value is -1.79. The maximum Gasteiger partial charge on any atom is 0.251 e. The molecule has 0 bridgehead atoms. The highest BCUT2D eigenvalue weighted by molar-refractivity contribution is 5.55. The van der Waals surface area contributed by atoms with Crippen LogP contribution in [-0.4, -0.2) is 35.0 Å². The molecule has 1 saturated heterocycles. The lowest BCUT2D eigenvalue weighted by molar-refractivity contribution is -0.0657. The standard InChI is InChI=1S/C15H19N3O3/c1-4-20-15(7-8-19-9-15)14-18-17-13(21-14)12-6-5-10(2)16-11(12)3/h5-6H,4,7-9H2,1-3H3. The number of aryl methyl sites for hydroxylation is 2. The molecule has 112 valence electrons. The van der Waals surface area contributed by atoms with Crippen molar-refractivity contribution in [3.8, 4) is 11.5 Å². The summed E-state index contributed by atoms with van der Waals surface area (Å²) in [5.41, 5.74) is 2.08. The number of hydrogen-bond donors (Lipinski definition) is 0. The predicted molar refractivity (Wildman–Crippen MR) is 75.7 cm³/mol. The van der Waals surface area contributed by atoms with Gasteiger partial charge < -0.3 is 13.9 Å². The normalized spacial score (nSPS) is 21.9. The number of nitrogens with zero attached hydrogens (tertiary/aromatic N) is 3. The number of ether oxygens (including phenoxy) is 2. The fourth-order valence-electron chi connectivity index (χ4n) is 2.60. The third kappa shape index (κ3) is 2.56. The Morgan fingerprint density at radius 1 is 1.29 bits per heavy atom. The maximum absolute atomic E-state index is 5.86. The summed E-state index contributed by atoms with van der Waals surface area (Å²) in [6.07, 6.45) is 0.730. The molecule has 0 spiro atoms. The lowest BCUT2D eigenvalue weighted by Crippen LogP contribution is -2.30. The van der Waals surface area contributed by atoms with Gasteiger partial charge in [-0.2, -0.15) is 0 Å². The zero-order chi connectivity index (χ0) is 14.9. The van der Waals surface area contributed by atoms with Crippen LogP contribution in [0.1, 0.15) is 30.6 Å². The Morgan fingerprint density at radius 3 is 2.81 bits per heavy atom. The van der Waals surface area contributed by atoms with E-state index in [-0.39, 0.29) is 0 Å². The van der Waals surface area contributed by atoms with E-state index in [1.165, 1.54) is 0 Å². The van der Waals surface area contributed by atoms with Gasteiger partial charge in [-0.1, -0.05) is 0 Å². The summed E-state index contributed by atoms with van der Waals surface area (Å²) in [6, 6.07) is 3.89. The molecular weight excluding hydrogens is 270 g/mol. The van der Waals surface area contributed by atoms with Gasteiger partial charge in [-0.25, -0.2) is 0 Å². The van der Waals surface area contributed by atoms with Crippen molar-refractivity contribution < 1.29 is 13.9 Å². The Morgan fingerprint density at radius 2 is 2.14 bits per heavy atom. The van der Waals surface area contributed by atoms with Gasteiger partial charge in [0.05, 0.1) is 24.5 Å². The number of rotatable bonds is 4. The molecule has 1 unspecified atom stereocenters. The highest BCUT2D eigenvalue weighted by Gasteiger charge is 2.43. The quantitative estimate of drug-likeness (QED) is 0.860.